The van der Waals surface area contributed by atoms with Gasteiger partial charge in [-0.05, 0) is 24.3 Å². The number of nitrogens with two attached hydrogens (primary N) is 1. The van der Waals surface area contributed by atoms with Gasteiger partial charge in [-0.3, -0.25) is 10.1 Å². The van der Waals surface area contributed by atoms with Gasteiger partial charge < -0.3 is 10.5 Å². The van der Waals surface area contributed by atoms with Crippen LogP contribution in [-0.4, -0.2) is 4.92 Å². The maximum Gasteiger partial charge on any atom is 0.271 e. The third kappa shape index (κ3) is 3.27. The summed E-state index contributed by atoms with van der Waals surface area (Å²) in [6.45, 7) is 0.305. The van der Waals surface area contributed by atoms with Gasteiger partial charge >= 0.3 is 0 Å². The van der Waals surface area contributed by atoms with Gasteiger partial charge in [0, 0.05) is 28.7 Å². The lowest BCUT2D eigenvalue weighted by Gasteiger charge is -2.11. The first-order valence-electron chi connectivity index (χ1n) is 5.61. The summed E-state index contributed by atoms with van der Waals surface area (Å²) >= 11 is 9.33. The van der Waals surface area contributed by atoms with Crippen molar-refractivity contribution in [3.63, 3.8) is 0 Å². The van der Waals surface area contributed by atoms with Crippen molar-refractivity contribution < 1.29 is 9.66 Å². The van der Waals surface area contributed by atoms with Crippen molar-refractivity contribution in [3.05, 3.63) is 61.6 Å². The average molecular weight is 358 g/mol. The van der Waals surface area contributed by atoms with Crippen LogP contribution >= 0.6 is 27.5 Å². The summed E-state index contributed by atoms with van der Waals surface area (Å²) in [5, 5.41) is 10.8. The minimum absolute atomic E-state index is 0.0859. The summed E-state index contributed by atoms with van der Waals surface area (Å²) in [6.07, 6.45) is 0. The molecule has 0 spiro atoms. The molecule has 5 nitrogen and oxygen atoms in total. The smallest absolute Gasteiger partial charge is 0.271 e. The Morgan fingerprint density at radius 3 is 2.55 bits per heavy atom. The second kappa shape index (κ2) is 6.21. The molecule has 0 fully saturated rings. The predicted molar refractivity (Wildman–Crippen MR) is 80.2 cm³/mol. The Morgan fingerprint density at radius 1 is 1.25 bits per heavy atom. The Morgan fingerprint density at radius 2 is 1.95 bits per heavy atom. The molecular formula is C13H10BrClN2O3. The van der Waals surface area contributed by atoms with Crippen LogP contribution in [0, 0.1) is 10.1 Å². The predicted octanol–water partition coefficient (Wildman–Crippen LogP) is 4.26. The molecule has 0 atom stereocenters. The summed E-state index contributed by atoms with van der Waals surface area (Å²) in [6, 6.07) is 9.45. The van der Waals surface area contributed by atoms with E-state index in [4.69, 9.17) is 22.1 Å². The highest BCUT2D eigenvalue weighted by Gasteiger charge is 2.12. The molecule has 0 unspecified atom stereocenters. The van der Waals surface area contributed by atoms with Gasteiger partial charge in [0.25, 0.3) is 5.69 Å². The van der Waals surface area contributed by atoms with E-state index in [1.165, 1.54) is 18.2 Å². The van der Waals surface area contributed by atoms with Gasteiger partial charge in [0.15, 0.2) is 0 Å². The summed E-state index contributed by atoms with van der Waals surface area (Å²) in [4.78, 5) is 10.1. The van der Waals surface area contributed by atoms with Gasteiger partial charge in [-0.2, -0.15) is 0 Å². The van der Waals surface area contributed by atoms with E-state index in [-0.39, 0.29) is 10.7 Å². The molecule has 2 aromatic carbocycles. The minimum Gasteiger partial charge on any atom is -0.455 e. The Kier molecular flexibility index (Phi) is 4.59. The fourth-order valence-electron chi connectivity index (χ4n) is 1.61. The van der Waals surface area contributed by atoms with Crippen molar-refractivity contribution in [2.24, 2.45) is 5.73 Å². The van der Waals surface area contributed by atoms with Crippen LogP contribution in [0.5, 0.6) is 11.5 Å². The number of nitro benzene ring substituents is 1. The first-order chi connectivity index (χ1) is 9.51. The maximum atomic E-state index is 10.6. The van der Waals surface area contributed by atoms with Crippen LogP contribution in [0.4, 0.5) is 5.69 Å². The molecule has 2 rings (SSSR count). The molecule has 0 amide bonds. The molecule has 104 valence electrons. The van der Waals surface area contributed by atoms with E-state index < -0.39 is 4.92 Å². The van der Waals surface area contributed by atoms with Gasteiger partial charge in [0.2, 0.25) is 0 Å². The number of nitro groups is 1. The van der Waals surface area contributed by atoms with Crippen LogP contribution in [-0.2, 0) is 6.54 Å². The molecule has 0 aliphatic heterocycles. The Hall–Kier alpha value is -1.63. The number of ether oxygens (including phenoxy) is 1. The molecule has 0 saturated carbocycles. The summed E-state index contributed by atoms with van der Waals surface area (Å²) in [5.41, 5.74) is 6.37. The molecule has 20 heavy (non-hydrogen) atoms. The number of nitrogens with zero attached hydrogens (tertiary/aromatic N) is 1. The van der Waals surface area contributed by atoms with Crippen molar-refractivity contribution in [2.45, 2.75) is 6.54 Å². The highest BCUT2D eigenvalue weighted by Crippen LogP contribution is 2.34. The van der Waals surface area contributed by atoms with Crippen molar-refractivity contribution in [2.75, 3.05) is 0 Å². The number of hydrogen-bond donors (Lipinski definition) is 1. The number of benzene rings is 2. The van der Waals surface area contributed by atoms with E-state index in [1.54, 1.807) is 6.07 Å². The van der Waals surface area contributed by atoms with Crippen LogP contribution in [0.3, 0.4) is 0 Å². The van der Waals surface area contributed by atoms with Gasteiger partial charge in [0.1, 0.15) is 11.5 Å². The molecule has 0 saturated heterocycles. The zero-order valence-electron chi connectivity index (χ0n) is 10.2. The van der Waals surface area contributed by atoms with Crippen molar-refractivity contribution in [1.82, 2.24) is 0 Å². The lowest BCUT2D eigenvalue weighted by atomic mass is 10.2. The van der Waals surface area contributed by atoms with Crippen LogP contribution < -0.4 is 10.5 Å². The number of hydrogen-bond acceptors (Lipinski definition) is 4. The van der Waals surface area contributed by atoms with E-state index in [0.717, 1.165) is 10.0 Å². The standard InChI is InChI=1S/C13H10BrClN2O3/c14-9-1-3-12(8(5-9)7-16)20-13-4-2-10(17(18)19)6-11(13)15/h1-6H,7,16H2. The summed E-state index contributed by atoms with van der Waals surface area (Å²) in [5.74, 6) is 0.903. The zero-order valence-corrected chi connectivity index (χ0v) is 12.5. The maximum absolute atomic E-state index is 10.6. The highest BCUT2D eigenvalue weighted by molar-refractivity contribution is 9.10. The van der Waals surface area contributed by atoms with Gasteiger partial charge in [0.05, 0.1) is 9.95 Å². The molecule has 0 aliphatic rings. The molecule has 0 radical (unpaired) electrons. The van der Waals surface area contributed by atoms with E-state index >= 15 is 0 Å². The molecule has 2 N–H and O–H groups in total. The first kappa shape index (κ1) is 14.8. The molecule has 0 aliphatic carbocycles. The quantitative estimate of drug-likeness (QED) is 0.655. The average Bonchev–Trinajstić information content (AvgIpc) is 2.42. The fourth-order valence-corrected chi connectivity index (χ4v) is 2.23. The largest absolute Gasteiger partial charge is 0.455 e. The lowest BCUT2D eigenvalue weighted by Crippen LogP contribution is -1.99. The molecule has 0 bridgehead atoms. The monoisotopic (exact) mass is 356 g/mol. The van der Waals surface area contributed by atoms with Crippen LogP contribution in [0.25, 0.3) is 0 Å². The Labute approximate surface area is 128 Å². The second-order valence-corrected chi connectivity index (χ2v) is 5.25. The van der Waals surface area contributed by atoms with Crippen molar-refractivity contribution in [1.29, 1.82) is 0 Å². The van der Waals surface area contributed by atoms with Gasteiger partial charge in [-0.15, -0.1) is 0 Å². The fraction of sp³-hybridized carbons (Fsp3) is 0.0769. The first-order valence-corrected chi connectivity index (χ1v) is 6.78. The van der Waals surface area contributed by atoms with Crippen molar-refractivity contribution in [3.8, 4) is 11.5 Å². The topological polar surface area (TPSA) is 78.4 Å². The van der Waals surface area contributed by atoms with E-state index in [9.17, 15) is 10.1 Å². The third-order valence-corrected chi connectivity index (χ3v) is 3.38. The number of non-ortho nitro benzene ring substituents is 1. The summed E-state index contributed by atoms with van der Waals surface area (Å²) in [7, 11) is 0. The third-order valence-electron chi connectivity index (χ3n) is 2.59. The van der Waals surface area contributed by atoms with Crippen LogP contribution in [0.1, 0.15) is 5.56 Å². The molecule has 0 heterocycles. The Bertz CT molecular complexity index is 664. The Balaban J connectivity index is 2.33. The normalized spacial score (nSPS) is 10.3. The number of halogens is 2. The van der Waals surface area contributed by atoms with Crippen LogP contribution in [0.15, 0.2) is 40.9 Å². The second-order valence-electron chi connectivity index (χ2n) is 3.93. The highest BCUT2D eigenvalue weighted by atomic mass is 79.9. The SMILES string of the molecule is NCc1cc(Br)ccc1Oc1ccc([N+](=O)[O-])cc1Cl. The number of rotatable bonds is 4. The van der Waals surface area contributed by atoms with E-state index in [2.05, 4.69) is 15.9 Å². The van der Waals surface area contributed by atoms with E-state index in [1.807, 2.05) is 12.1 Å². The molecule has 7 heteroatoms. The zero-order chi connectivity index (χ0) is 14.7. The van der Waals surface area contributed by atoms with Gasteiger partial charge in [-0.1, -0.05) is 27.5 Å². The molecule has 2 aromatic rings. The lowest BCUT2D eigenvalue weighted by molar-refractivity contribution is -0.384. The van der Waals surface area contributed by atoms with Crippen molar-refractivity contribution >= 4 is 33.2 Å². The van der Waals surface area contributed by atoms with Gasteiger partial charge in [-0.25, -0.2) is 0 Å². The van der Waals surface area contributed by atoms with E-state index in [0.29, 0.717) is 18.0 Å². The summed E-state index contributed by atoms with van der Waals surface area (Å²) < 4.78 is 6.55. The molecular weight excluding hydrogens is 348 g/mol. The molecule has 0 aromatic heterocycles. The minimum atomic E-state index is -0.513. The van der Waals surface area contributed by atoms with Crippen LogP contribution in [0.2, 0.25) is 5.02 Å².